The molecule has 1 fully saturated rings. The number of ether oxygens (including phenoxy) is 1. The van der Waals surface area contributed by atoms with Crippen LogP contribution in [0.5, 0.6) is 5.75 Å². The standard InChI is InChI=1S/C21H24N2O2/c1-21-11-12-22(2)20(21)23(3)18-10-9-16(14-17(18)21)25-19(24)13-15-7-5-4-6-8-15/h4-10,14,20H,11-13H2,1-3H3/t20?,21-/m1/s1. The van der Waals surface area contributed by atoms with Crippen molar-refractivity contribution in [3.8, 4) is 5.75 Å². The highest BCUT2D eigenvalue weighted by atomic mass is 16.5. The van der Waals surface area contributed by atoms with Gasteiger partial charge in [0, 0.05) is 24.7 Å². The lowest BCUT2D eigenvalue weighted by atomic mass is 9.81. The van der Waals surface area contributed by atoms with Crippen molar-refractivity contribution in [1.29, 1.82) is 0 Å². The minimum atomic E-state index is -0.220. The predicted molar refractivity (Wildman–Crippen MR) is 99.0 cm³/mol. The summed E-state index contributed by atoms with van der Waals surface area (Å²) in [6.07, 6.45) is 1.78. The molecule has 2 aliphatic rings. The van der Waals surface area contributed by atoms with Crippen LogP contribution in [0.2, 0.25) is 0 Å². The molecule has 2 aromatic rings. The quantitative estimate of drug-likeness (QED) is 0.636. The van der Waals surface area contributed by atoms with E-state index >= 15 is 0 Å². The van der Waals surface area contributed by atoms with Crippen molar-refractivity contribution in [3.63, 3.8) is 0 Å². The minimum absolute atomic E-state index is 0.0840. The number of benzene rings is 2. The van der Waals surface area contributed by atoms with Crippen LogP contribution in [0.4, 0.5) is 5.69 Å². The maximum atomic E-state index is 12.3. The molecule has 0 saturated carbocycles. The Morgan fingerprint density at radius 2 is 1.96 bits per heavy atom. The van der Waals surface area contributed by atoms with Crippen molar-refractivity contribution in [3.05, 3.63) is 59.7 Å². The number of likely N-dealkylation sites (tertiary alicyclic amines) is 1. The number of anilines is 1. The Balaban J connectivity index is 1.56. The van der Waals surface area contributed by atoms with E-state index in [-0.39, 0.29) is 11.4 Å². The Morgan fingerprint density at radius 3 is 2.72 bits per heavy atom. The molecule has 130 valence electrons. The van der Waals surface area contributed by atoms with E-state index in [2.05, 4.69) is 43.0 Å². The predicted octanol–water partition coefficient (Wildman–Crippen LogP) is 3.20. The summed E-state index contributed by atoms with van der Waals surface area (Å²) in [7, 11) is 4.33. The van der Waals surface area contributed by atoms with Gasteiger partial charge >= 0.3 is 5.97 Å². The van der Waals surface area contributed by atoms with Gasteiger partial charge in [-0.3, -0.25) is 9.69 Å². The number of esters is 1. The SMILES string of the molecule is CN1CC[C@]2(C)c3cc(OC(=O)Cc4ccccc4)ccc3N(C)C12. The first kappa shape index (κ1) is 16.2. The van der Waals surface area contributed by atoms with Gasteiger partial charge in [-0.25, -0.2) is 0 Å². The van der Waals surface area contributed by atoms with Gasteiger partial charge in [0.2, 0.25) is 0 Å². The molecule has 4 heteroatoms. The van der Waals surface area contributed by atoms with Gasteiger partial charge in [-0.05, 0) is 42.8 Å². The Hall–Kier alpha value is -2.33. The summed E-state index contributed by atoms with van der Waals surface area (Å²) in [5.74, 6) is 0.423. The molecule has 25 heavy (non-hydrogen) atoms. The first-order valence-electron chi connectivity index (χ1n) is 8.81. The van der Waals surface area contributed by atoms with Gasteiger partial charge in [-0.1, -0.05) is 37.3 Å². The van der Waals surface area contributed by atoms with Crippen LogP contribution in [-0.2, 0) is 16.6 Å². The third kappa shape index (κ3) is 2.61. The van der Waals surface area contributed by atoms with Crippen molar-refractivity contribution in [2.45, 2.75) is 31.3 Å². The average Bonchev–Trinajstić information content (AvgIpc) is 3.01. The second-order valence-electron chi connectivity index (χ2n) is 7.45. The maximum absolute atomic E-state index is 12.3. The van der Waals surface area contributed by atoms with Crippen molar-refractivity contribution >= 4 is 11.7 Å². The third-order valence-corrected chi connectivity index (χ3v) is 5.72. The van der Waals surface area contributed by atoms with Crippen molar-refractivity contribution in [1.82, 2.24) is 4.90 Å². The molecule has 4 nitrogen and oxygen atoms in total. The molecule has 0 aromatic heterocycles. The van der Waals surface area contributed by atoms with Gasteiger partial charge in [-0.15, -0.1) is 0 Å². The van der Waals surface area contributed by atoms with E-state index in [0.717, 1.165) is 18.5 Å². The minimum Gasteiger partial charge on any atom is -0.426 e. The zero-order valence-corrected chi connectivity index (χ0v) is 15.0. The van der Waals surface area contributed by atoms with Gasteiger partial charge in [-0.2, -0.15) is 0 Å². The van der Waals surface area contributed by atoms with E-state index in [1.54, 1.807) is 0 Å². The molecule has 2 atom stereocenters. The van der Waals surface area contributed by atoms with E-state index in [1.165, 1.54) is 11.3 Å². The molecule has 0 radical (unpaired) electrons. The van der Waals surface area contributed by atoms with Crippen LogP contribution >= 0.6 is 0 Å². The van der Waals surface area contributed by atoms with Crippen LogP contribution < -0.4 is 9.64 Å². The number of hydrogen-bond acceptors (Lipinski definition) is 4. The number of fused-ring (bicyclic) bond motifs is 3. The third-order valence-electron chi connectivity index (χ3n) is 5.72. The van der Waals surface area contributed by atoms with E-state index in [4.69, 9.17) is 4.74 Å². The maximum Gasteiger partial charge on any atom is 0.315 e. The Labute approximate surface area is 149 Å². The van der Waals surface area contributed by atoms with Crippen LogP contribution in [-0.4, -0.2) is 37.7 Å². The number of likely N-dealkylation sites (N-methyl/N-ethyl adjacent to an activating group) is 2. The molecule has 1 saturated heterocycles. The molecule has 0 bridgehead atoms. The topological polar surface area (TPSA) is 32.8 Å². The Morgan fingerprint density at radius 1 is 1.20 bits per heavy atom. The summed E-state index contributed by atoms with van der Waals surface area (Å²) < 4.78 is 5.63. The van der Waals surface area contributed by atoms with Crippen LogP contribution in [0.25, 0.3) is 0 Å². The highest BCUT2D eigenvalue weighted by Gasteiger charge is 2.52. The van der Waals surface area contributed by atoms with Gasteiger partial charge in [0.05, 0.1) is 12.6 Å². The van der Waals surface area contributed by atoms with Crippen LogP contribution in [0.1, 0.15) is 24.5 Å². The van der Waals surface area contributed by atoms with Gasteiger partial charge in [0.1, 0.15) is 5.75 Å². The molecule has 1 unspecified atom stereocenters. The second kappa shape index (κ2) is 5.88. The zero-order chi connectivity index (χ0) is 17.6. The van der Waals surface area contributed by atoms with Crippen molar-refractivity contribution in [2.75, 3.05) is 25.5 Å². The number of rotatable bonds is 3. The fourth-order valence-corrected chi connectivity index (χ4v) is 4.55. The lowest BCUT2D eigenvalue weighted by Crippen LogP contribution is -2.45. The summed E-state index contributed by atoms with van der Waals surface area (Å²) in [6.45, 7) is 3.40. The molecular weight excluding hydrogens is 312 g/mol. The first-order valence-corrected chi connectivity index (χ1v) is 8.81. The second-order valence-corrected chi connectivity index (χ2v) is 7.45. The lowest BCUT2D eigenvalue weighted by Gasteiger charge is -2.32. The molecule has 2 heterocycles. The molecule has 2 aliphatic heterocycles. The van der Waals surface area contributed by atoms with Gasteiger partial charge in [0.25, 0.3) is 0 Å². The first-order chi connectivity index (χ1) is 12.0. The molecule has 4 rings (SSSR count). The highest BCUT2D eigenvalue weighted by molar-refractivity contribution is 5.76. The number of hydrogen-bond donors (Lipinski definition) is 0. The summed E-state index contributed by atoms with van der Waals surface area (Å²) in [5, 5.41) is 0. The molecule has 0 N–H and O–H groups in total. The largest absolute Gasteiger partial charge is 0.426 e. The Bertz CT molecular complexity index is 805. The number of nitrogens with zero attached hydrogens (tertiary/aromatic N) is 2. The van der Waals surface area contributed by atoms with E-state index in [0.29, 0.717) is 18.3 Å². The molecule has 0 amide bonds. The Kier molecular flexibility index (Phi) is 3.80. The fourth-order valence-electron chi connectivity index (χ4n) is 4.55. The van der Waals surface area contributed by atoms with E-state index < -0.39 is 0 Å². The van der Waals surface area contributed by atoms with E-state index in [1.807, 2.05) is 36.4 Å². The molecular formula is C21H24N2O2. The smallest absolute Gasteiger partial charge is 0.315 e. The van der Waals surface area contributed by atoms with Crippen molar-refractivity contribution in [2.24, 2.45) is 0 Å². The summed E-state index contributed by atoms with van der Waals surface area (Å²) in [5.41, 5.74) is 3.58. The lowest BCUT2D eigenvalue weighted by molar-refractivity contribution is -0.133. The monoisotopic (exact) mass is 336 g/mol. The fraction of sp³-hybridized carbons (Fsp3) is 0.381. The average molecular weight is 336 g/mol. The van der Waals surface area contributed by atoms with Gasteiger partial charge in [0.15, 0.2) is 0 Å². The summed E-state index contributed by atoms with van der Waals surface area (Å²) in [6, 6.07) is 15.8. The van der Waals surface area contributed by atoms with Crippen LogP contribution in [0, 0.1) is 0 Å². The van der Waals surface area contributed by atoms with Crippen molar-refractivity contribution < 1.29 is 9.53 Å². The summed E-state index contributed by atoms with van der Waals surface area (Å²) >= 11 is 0. The molecule has 2 aromatic carbocycles. The number of carbonyl (C=O) groups is 1. The zero-order valence-electron chi connectivity index (χ0n) is 15.0. The highest BCUT2D eigenvalue weighted by Crippen LogP contribution is 2.51. The molecule has 0 spiro atoms. The van der Waals surface area contributed by atoms with Crippen LogP contribution in [0.15, 0.2) is 48.5 Å². The number of carbonyl (C=O) groups excluding carboxylic acids is 1. The van der Waals surface area contributed by atoms with Gasteiger partial charge < -0.3 is 9.64 Å². The summed E-state index contributed by atoms with van der Waals surface area (Å²) in [4.78, 5) is 17.0. The van der Waals surface area contributed by atoms with E-state index in [9.17, 15) is 4.79 Å². The molecule has 0 aliphatic carbocycles. The van der Waals surface area contributed by atoms with Crippen LogP contribution in [0.3, 0.4) is 0 Å². The normalized spacial score (nSPS) is 24.9.